The molecule has 3 rings (SSSR count). The molecule has 1 fully saturated rings. The summed E-state index contributed by atoms with van der Waals surface area (Å²) in [5.41, 5.74) is -0.706. The van der Waals surface area contributed by atoms with Crippen molar-refractivity contribution >= 4 is 27.8 Å². The van der Waals surface area contributed by atoms with E-state index in [0.717, 1.165) is 22.7 Å². The van der Waals surface area contributed by atoms with Crippen LogP contribution < -0.4 is 10.0 Å². The van der Waals surface area contributed by atoms with Crippen LogP contribution in [0.2, 0.25) is 0 Å². The molecule has 1 aromatic carbocycles. The number of rotatable bonds is 5. The smallest absolute Gasteiger partial charge is 0.416 e. The van der Waals surface area contributed by atoms with Crippen molar-refractivity contribution in [1.29, 1.82) is 5.26 Å². The monoisotopic (exact) mass is 471 g/mol. The molecule has 1 amide bonds. The standard InChI is InChI=1S/C19H20F3N5O4S/c1-12-4-5-14(19(20,21)22)9-15(12)24-18-25-16(11-31-18)17(28)26-32(29,30)27-7-2-3-13(10-23)6-8-27/h4-5,9,11,13H,2-3,6-8H2,1H3,(H,24,25)(H,26,28). The predicted molar refractivity (Wildman–Crippen MR) is 107 cm³/mol. The van der Waals surface area contributed by atoms with Gasteiger partial charge in [-0.1, -0.05) is 6.07 Å². The van der Waals surface area contributed by atoms with E-state index in [2.05, 4.69) is 16.4 Å². The average molecular weight is 471 g/mol. The fourth-order valence-electron chi connectivity index (χ4n) is 3.16. The topological polar surface area (TPSA) is 128 Å². The summed E-state index contributed by atoms with van der Waals surface area (Å²) in [5.74, 6) is -1.29. The van der Waals surface area contributed by atoms with Gasteiger partial charge in [-0.05, 0) is 43.9 Å². The van der Waals surface area contributed by atoms with Crippen molar-refractivity contribution in [3.63, 3.8) is 0 Å². The van der Waals surface area contributed by atoms with Crippen LogP contribution in [0.25, 0.3) is 0 Å². The fraction of sp³-hybridized carbons (Fsp3) is 0.421. The first kappa shape index (κ1) is 23.6. The summed E-state index contributed by atoms with van der Waals surface area (Å²) in [5, 5.41) is 11.6. The van der Waals surface area contributed by atoms with E-state index in [9.17, 15) is 26.4 Å². The lowest BCUT2D eigenvalue weighted by atomic mass is 10.0. The lowest BCUT2D eigenvalue weighted by molar-refractivity contribution is -0.137. The number of carbonyl (C=O) groups is 1. The second-order valence-corrected chi connectivity index (χ2v) is 8.95. The lowest BCUT2D eigenvalue weighted by Gasteiger charge is -2.19. The number of aromatic nitrogens is 1. The second-order valence-electron chi connectivity index (χ2n) is 7.28. The van der Waals surface area contributed by atoms with Crippen LogP contribution in [0.1, 0.15) is 40.9 Å². The number of hydrogen-bond donors (Lipinski definition) is 2. The Bertz CT molecular complexity index is 1140. The van der Waals surface area contributed by atoms with Gasteiger partial charge in [-0.2, -0.15) is 36.1 Å². The molecule has 1 unspecified atom stereocenters. The number of alkyl halides is 3. The first-order chi connectivity index (χ1) is 15.0. The third-order valence-corrected chi connectivity index (χ3v) is 6.46. The zero-order valence-corrected chi connectivity index (χ0v) is 17.8. The first-order valence-electron chi connectivity index (χ1n) is 9.62. The molecule has 0 saturated carbocycles. The number of oxazole rings is 1. The van der Waals surface area contributed by atoms with Crippen LogP contribution in [0.15, 0.2) is 28.9 Å². The molecule has 1 atom stereocenters. The molecule has 0 bridgehead atoms. The molecule has 1 aromatic heterocycles. The summed E-state index contributed by atoms with van der Waals surface area (Å²) in [4.78, 5) is 16.2. The number of hydrogen-bond acceptors (Lipinski definition) is 7. The molecule has 9 nitrogen and oxygen atoms in total. The highest BCUT2D eigenvalue weighted by atomic mass is 32.2. The van der Waals surface area contributed by atoms with Gasteiger partial charge >= 0.3 is 16.4 Å². The molecule has 0 spiro atoms. The van der Waals surface area contributed by atoms with Crippen molar-refractivity contribution in [3.05, 3.63) is 41.3 Å². The number of halogens is 3. The van der Waals surface area contributed by atoms with Gasteiger partial charge in [0.15, 0.2) is 5.69 Å². The largest absolute Gasteiger partial charge is 0.431 e. The molecule has 2 N–H and O–H groups in total. The molecular weight excluding hydrogens is 451 g/mol. The average Bonchev–Trinajstić information content (AvgIpc) is 3.03. The van der Waals surface area contributed by atoms with E-state index in [1.807, 2.05) is 4.72 Å². The van der Waals surface area contributed by atoms with E-state index in [4.69, 9.17) is 9.68 Å². The lowest BCUT2D eigenvalue weighted by Crippen LogP contribution is -2.44. The van der Waals surface area contributed by atoms with Crippen molar-refractivity contribution in [1.82, 2.24) is 14.0 Å². The zero-order chi connectivity index (χ0) is 23.5. The van der Waals surface area contributed by atoms with E-state index in [1.54, 1.807) is 6.92 Å². The number of nitriles is 1. The van der Waals surface area contributed by atoms with Gasteiger partial charge in [0, 0.05) is 24.7 Å². The van der Waals surface area contributed by atoms with Crippen LogP contribution in [-0.4, -0.2) is 36.7 Å². The summed E-state index contributed by atoms with van der Waals surface area (Å²) in [6.45, 7) is 1.84. The van der Waals surface area contributed by atoms with Crippen LogP contribution in [0.5, 0.6) is 0 Å². The SMILES string of the molecule is Cc1ccc(C(F)(F)F)cc1Nc1nc(C(=O)NS(=O)(=O)N2CCCC(C#N)CC2)co1. The second kappa shape index (κ2) is 9.17. The van der Waals surface area contributed by atoms with E-state index in [0.29, 0.717) is 24.8 Å². The molecule has 1 aliphatic heterocycles. The van der Waals surface area contributed by atoms with Gasteiger partial charge in [-0.3, -0.25) is 4.79 Å². The molecule has 1 aliphatic rings. The molecule has 0 aliphatic carbocycles. The van der Waals surface area contributed by atoms with Gasteiger partial charge in [0.25, 0.3) is 11.9 Å². The van der Waals surface area contributed by atoms with Gasteiger partial charge < -0.3 is 9.73 Å². The summed E-state index contributed by atoms with van der Waals surface area (Å²) in [7, 11) is -4.17. The molecule has 0 radical (unpaired) electrons. The van der Waals surface area contributed by atoms with Crippen LogP contribution in [0.3, 0.4) is 0 Å². The minimum atomic E-state index is -4.54. The van der Waals surface area contributed by atoms with Crippen LogP contribution in [0, 0.1) is 24.2 Å². The Morgan fingerprint density at radius 2 is 2.06 bits per heavy atom. The normalized spacial score (nSPS) is 17.9. The predicted octanol–water partition coefficient (Wildman–Crippen LogP) is 3.35. The Kier molecular flexibility index (Phi) is 6.75. The molecule has 2 heterocycles. The maximum atomic E-state index is 12.9. The summed E-state index contributed by atoms with van der Waals surface area (Å²) >= 11 is 0. The molecular formula is C19H20F3N5O4S. The minimum Gasteiger partial charge on any atom is -0.431 e. The van der Waals surface area contributed by atoms with Crippen LogP contribution in [0.4, 0.5) is 24.9 Å². The minimum absolute atomic E-state index is 0.0675. The summed E-state index contributed by atoms with van der Waals surface area (Å²) in [6.07, 6.45) is -2.23. The first-order valence-corrected chi connectivity index (χ1v) is 11.1. The molecule has 172 valence electrons. The summed E-state index contributed by atoms with van der Waals surface area (Å²) < 4.78 is 71.9. The van der Waals surface area contributed by atoms with Crippen LogP contribution >= 0.6 is 0 Å². The molecule has 2 aromatic rings. The van der Waals surface area contributed by atoms with Crippen LogP contribution in [-0.2, 0) is 16.4 Å². The van der Waals surface area contributed by atoms with Crippen molar-refractivity contribution in [2.75, 3.05) is 18.4 Å². The Labute approximate surface area is 182 Å². The van der Waals surface area contributed by atoms with Gasteiger partial charge in [0.05, 0.1) is 11.6 Å². The fourth-order valence-corrected chi connectivity index (χ4v) is 4.34. The van der Waals surface area contributed by atoms with Crippen molar-refractivity contribution in [2.24, 2.45) is 5.92 Å². The number of aryl methyl sites for hydroxylation is 1. The van der Waals surface area contributed by atoms with Crippen molar-refractivity contribution in [3.8, 4) is 6.07 Å². The number of carbonyl (C=O) groups excluding carboxylic acids is 1. The van der Waals surface area contributed by atoms with E-state index >= 15 is 0 Å². The van der Waals surface area contributed by atoms with E-state index in [1.165, 1.54) is 6.07 Å². The Morgan fingerprint density at radius 1 is 1.31 bits per heavy atom. The zero-order valence-electron chi connectivity index (χ0n) is 16.9. The van der Waals surface area contributed by atoms with E-state index < -0.39 is 27.9 Å². The number of amides is 1. The van der Waals surface area contributed by atoms with Gasteiger partial charge in [-0.25, -0.2) is 4.72 Å². The Balaban J connectivity index is 1.69. The van der Waals surface area contributed by atoms with Gasteiger partial charge in [0.1, 0.15) is 6.26 Å². The molecule has 1 saturated heterocycles. The highest BCUT2D eigenvalue weighted by molar-refractivity contribution is 7.87. The highest BCUT2D eigenvalue weighted by Crippen LogP contribution is 2.33. The Morgan fingerprint density at radius 3 is 2.75 bits per heavy atom. The Hall–Kier alpha value is -3.11. The number of nitrogens with zero attached hydrogens (tertiary/aromatic N) is 3. The molecule has 32 heavy (non-hydrogen) atoms. The van der Waals surface area contributed by atoms with E-state index in [-0.39, 0.29) is 36.4 Å². The quantitative estimate of drug-likeness (QED) is 0.684. The van der Waals surface area contributed by atoms with Crippen molar-refractivity contribution < 1.29 is 30.8 Å². The summed E-state index contributed by atoms with van der Waals surface area (Å²) in [6, 6.07) is 4.92. The third kappa shape index (κ3) is 5.57. The van der Waals surface area contributed by atoms with Gasteiger partial charge in [-0.15, -0.1) is 0 Å². The maximum Gasteiger partial charge on any atom is 0.416 e. The number of nitrogens with one attached hydrogen (secondary N) is 2. The van der Waals surface area contributed by atoms with Crippen molar-refractivity contribution in [2.45, 2.75) is 32.4 Å². The van der Waals surface area contributed by atoms with Gasteiger partial charge in [0.2, 0.25) is 0 Å². The number of anilines is 2. The highest BCUT2D eigenvalue weighted by Gasteiger charge is 2.31. The maximum absolute atomic E-state index is 12.9. The third-order valence-electron chi connectivity index (χ3n) is 4.97. The molecule has 13 heteroatoms. The number of benzene rings is 1.